The fourth-order valence-corrected chi connectivity index (χ4v) is 3.50. The molecule has 0 aromatic heterocycles. The summed E-state index contributed by atoms with van der Waals surface area (Å²) in [4.78, 5) is 0. The summed E-state index contributed by atoms with van der Waals surface area (Å²) in [6, 6.07) is 12.1. The summed E-state index contributed by atoms with van der Waals surface area (Å²) in [5.74, 6) is 0. The Morgan fingerprint density at radius 2 is 1.95 bits per heavy atom. The van der Waals surface area contributed by atoms with Crippen LogP contribution in [0, 0.1) is 3.57 Å². The second kappa shape index (κ2) is 7.45. The highest BCUT2D eigenvalue weighted by Crippen LogP contribution is 2.30. The van der Waals surface area contributed by atoms with Crippen molar-refractivity contribution in [1.82, 2.24) is 5.32 Å². The van der Waals surface area contributed by atoms with E-state index in [2.05, 4.69) is 62.0 Å². The van der Waals surface area contributed by atoms with Crippen molar-refractivity contribution in [2.24, 2.45) is 0 Å². The van der Waals surface area contributed by atoms with Crippen molar-refractivity contribution in [3.05, 3.63) is 65.6 Å². The number of hydrogen-bond donors (Lipinski definition) is 1. The van der Waals surface area contributed by atoms with Crippen LogP contribution in [0.4, 0.5) is 0 Å². The molecule has 106 valence electrons. The largest absolute Gasteiger partial charge is 0.313 e. The van der Waals surface area contributed by atoms with Gasteiger partial charge in [-0.1, -0.05) is 39.1 Å². The normalized spacial score (nSPS) is 12.4. The van der Waals surface area contributed by atoms with E-state index in [1.807, 2.05) is 25.2 Å². The van der Waals surface area contributed by atoms with E-state index in [9.17, 15) is 0 Å². The molecule has 0 aliphatic carbocycles. The van der Waals surface area contributed by atoms with E-state index in [1.165, 1.54) is 9.13 Å². The highest BCUT2D eigenvalue weighted by Gasteiger charge is 2.15. The van der Waals surface area contributed by atoms with E-state index < -0.39 is 0 Å². The van der Waals surface area contributed by atoms with Gasteiger partial charge in [0.05, 0.1) is 0 Å². The molecule has 0 aliphatic rings. The molecule has 2 aromatic carbocycles. The summed E-state index contributed by atoms with van der Waals surface area (Å²) in [5, 5.41) is 4.80. The highest BCUT2D eigenvalue weighted by atomic mass is 127. The number of halogens is 4. The van der Waals surface area contributed by atoms with Gasteiger partial charge in [-0.25, -0.2) is 0 Å². The molecule has 0 fully saturated rings. The van der Waals surface area contributed by atoms with Crippen molar-refractivity contribution in [2.45, 2.75) is 12.5 Å². The van der Waals surface area contributed by atoms with Crippen LogP contribution in [0.25, 0.3) is 0 Å². The molecule has 1 nitrogen and oxygen atoms in total. The summed E-state index contributed by atoms with van der Waals surface area (Å²) >= 11 is 18.2. The smallest absolute Gasteiger partial charge is 0.0439 e. The van der Waals surface area contributed by atoms with Gasteiger partial charge < -0.3 is 5.32 Å². The highest BCUT2D eigenvalue weighted by molar-refractivity contribution is 14.1. The Kier molecular flexibility index (Phi) is 6.17. The minimum atomic E-state index is 0.176. The first kappa shape index (κ1) is 16.6. The van der Waals surface area contributed by atoms with Gasteiger partial charge in [-0.2, -0.15) is 0 Å². The first-order valence-corrected chi connectivity index (χ1v) is 8.70. The lowest BCUT2D eigenvalue weighted by atomic mass is 9.99. The van der Waals surface area contributed by atoms with E-state index >= 15 is 0 Å². The Morgan fingerprint density at radius 1 is 1.20 bits per heavy atom. The third-order valence-electron chi connectivity index (χ3n) is 3.11. The van der Waals surface area contributed by atoms with Gasteiger partial charge in [-0.15, -0.1) is 0 Å². The Balaban J connectivity index is 2.33. The van der Waals surface area contributed by atoms with Crippen LogP contribution in [0.5, 0.6) is 0 Å². The number of likely N-dealkylation sites (N-methyl/N-ethyl adjacent to an activating group) is 1. The molecule has 1 N–H and O–H groups in total. The third kappa shape index (κ3) is 4.10. The Bertz CT molecular complexity index is 619. The standard InChI is InChI=1S/C15H13BrCl2IN/c1-20-15(12-8-11(19)3-4-13(12)16)7-9-6-10(17)2-5-14(9)18/h2-6,8,15,20H,7H2,1H3. The summed E-state index contributed by atoms with van der Waals surface area (Å²) in [6.45, 7) is 0. The van der Waals surface area contributed by atoms with E-state index in [4.69, 9.17) is 23.2 Å². The van der Waals surface area contributed by atoms with Crippen LogP contribution < -0.4 is 5.32 Å². The SMILES string of the molecule is CNC(Cc1cc(Cl)ccc1Cl)c1cc(I)ccc1Br. The molecule has 0 saturated carbocycles. The second-order valence-electron chi connectivity index (χ2n) is 4.45. The van der Waals surface area contributed by atoms with Gasteiger partial charge in [-0.05, 0) is 83.6 Å². The number of nitrogens with one attached hydrogen (secondary N) is 1. The molecule has 20 heavy (non-hydrogen) atoms. The van der Waals surface area contributed by atoms with Gasteiger partial charge in [0.1, 0.15) is 0 Å². The van der Waals surface area contributed by atoms with Gasteiger partial charge in [0.25, 0.3) is 0 Å². The second-order valence-corrected chi connectivity index (χ2v) is 7.39. The Morgan fingerprint density at radius 3 is 2.65 bits per heavy atom. The van der Waals surface area contributed by atoms with Crippen LogP contribution >= 0.6 is 61.7 Å². The first-order valence-electron chi connectivity index (χ1n) is 6.07. The van der Waals surface area contributed by atoms with E-state index in [-0.39, 0.29) is 6.04 Å². The molecule has 1 unspecified atom stereocenters. The van der Waals surface area contributed by atoms with Crippen LogP contribution in [0.15, 0.2) is 40.9 Å². The van der Waals surface area contributed by atoms with Crippen molar-refractivity contribution in [1.29, 1.82) is 0 Å². The predicted octanol–water partition coefficient (Wildman–Crippen LogP) is 5.86. The Hall–Kier alpha value is 0.190. The molecule has 5 heteroatoms. The lowest BCUT2D eigenvalue weighted by molar-refractivity contribution is 0.589. The van der Waals surface area contributed by atoms with E-state index in [0.29, 0.717) is 5.02 Å². The summed E-state index contributed by atoms with van der Waals surface area (Å²) in [5.41, 5.74) is 2.26. The van der Waals surface area contributed by atoms with E-state index in [1.54, 1.807) is 0 Å². The fraction of sp³-hybridized carbons (Fsp3) is 0.200. The minimum Gasteiger partial charge on any atom is -0.313 e. The zero-order valence-electron chi connectivity index (χ0n) is 10.8. The quantitative estimate of drug-likeness (QED) is 0.536. The minimum absolute atomic E-state index is 0.176. The zero-order chi connectivity index (χ0) is 14.7. The third-order valence-corrected chi connectivity index (χ3v) is 5.11. The monoisotopic (exact) mass is 483 g/mol. The molecular formula is C15H13BrCl2IN. The van der Waals surface area contributed by atoms with Crippen LogP contribution in [0.1, 0.15) is 17.2 Å². The van der Waals surface area contributed by atoms with Gasteiger partial charge in [0, 0.05) is 24.1 Å². The molecule has 0 aliphatic heterocycles. The molecule has 0 saturated heterocycles. The van der Waals surface area contributed by atoms with Gasteiger partial charge in [-0.3, -0.25) is 0 Å². The maximum atomic E-state index is 6.26. The van der Waals surface area contributed by atoms with Crippen molar-refractivity contribution < 1.29 is 0 Å². The maximum absolute atomic E-state index is 6.26. The molecule has 0 bridgehead atoms. The number of benzene rings is 2. The lowest BCUT2D eigenvalue weighted by Gasteiger charge is -2.19. The molecule has 0 heterocycles. The van der Waals surface area contributed by atoms with Crippen LogP contribution in [0.3, 0.4) is 0 Å². The first-order chi connectivity index (χ1) is 9.51. The topological polar surface area (TPSA) is 12.0 Å². The molecule has 0 amide bonds. The molecule has 0 spiro atoms. The fourth-order valence-electron chi connectivity index (χ4n) is 2.07. The van der Waals surface area contributed by atoms with Gasteiger partial charge in [0.2, 0.25) is 0 Å². The van der Waals surface area contributed by atoms with Crippen LogP contribution in [0.2, 0.25) is 10.0 Å². The summed E-state index contributed by atoms with van der Waals surface area (Å²) in [7, 11) is 1.95. The molecule has 2 rings (SSSR count). The van der Waals surface area contributed by atoms with Gasteiger partial charge >= 0.3 is 0 Å². The maximum Gasteiger partial charge on any atom is 0.0439 e. The average molecular weight is 485 g/mol. The predicted molar refractivity (Wildman–Crippen MR) is 98.8 cm³/mol. The molecule has 2 aromatic rings. The van der Waals surface area contributed by atoms with Crippen molar-refractivity contribution >= 4 is 61.7 Å². The van der Waals surface area contributed by atoms with Crippen molar-refractivity contribution in [3.8, 4) is 0 Å². The molecular weight excluding hydrogens is 472 g/mol. The molecule has 0 radical (unpaired) electrons. The Labute approximate surface area is 151 Å². The van der Waals surface area contributed by atoms with Crippen molar-refractivity contribution in [2.75, 3.05) is 7.05 Å². The average Bonchev–Trinajstić information content (AvgIpc) is 2.42. The van der Waals surface area contributed by atoms with Crippen LogP contribution in [-0.2, 0) is 6.42 Å². The number of rotatable bonds is 4. The summed E-state index contributed by atoms with van der Waals surface area (Å²) < 4.78 is 2.30. The van der Waals surface area contributed by atoms with E-state index in [0.717, 1.165) is 21.5 Å². The molecule has 1 atom stereocenters. The van der Waals surface area contributed by atoms with Crippen molar-refractivity contribution in [3.63, 3.8) is 0 Å². The zero-order valence-corrected chi connectivity index (χ0v) is 16.0. The van der Waals surface area contributed by atoms with Gasteiger partial charge in [0.15, 0.2) is 0 Å². The summed E-state index contributed by atoms with van der Waals surface area (Å²) in [6.07, 6.45) is 0.786. The lowest BCUT2D eigenvalue weighted by Crippen LogP contribution is -2.19. The number of hydrogen-bond acceptors (Lipinski definition) is 1. The van der Waals surface area contributed by atoms with Crippen LogP contribution in [-0.4, -0.2) is 7.05 Å².